The Kier molecular flexibility index (Phi) is 4.74. The highest BCUT2D eigenvalue weighted by Gasteiger charge is 2.17. The van der Waals surface area contributed by atoms with Gasteiger partial charge in [-0.2, -0.15) is 0 Å². The Bertz CT molecular complexity index is 647. The van der Waals surface area contributed by atoms with E-state index < -0.39 is 5.97 Å². The van der Waals surface area contributed by atoms with Gasteiger partial charge in [0.1, 0.15) is 12.2 Å². The number of rotatable bonds is 5. The van der Waals surface area contributed by atoms with E-state index in [-0.39, 0.29) is 12.5 Å². The highest BCUT2D eigenvalue weighted by Crippen LogP contribution is 2.22. The minimum Gasteiger partial charge on any atom is -0.465 e. The smallest absolute Gasteiger partial charge is 0.325 e. The fraction of sp³-hybridized carbons (Fsp3) is 0.357. The van der Waals surface area contributed by atoms with Crippen LogP contribution in [0.15, 0.2) is 17.6 Å². The molecule has 0 unspecified atom stereocenters. The van der Waals surface area contributed by atoms with E-state index in [0.717, 1.165) is 16.3 Å². The molecule has 1 N–H and O–H groups in total. The molecule has 0 spiro atoms. The topological polar surface area (TPSA) is 75.3 Å². The van der Waals surface area contributed by atoms with Gasteiger partial charge >= 0.3 is 5.97 Å². The first-order valence-corrected chi connectivity index (χ1v) is 7.41. The maximum absolute atomic E-state index is 12.2. The zero-order valence-electron chi connectivity index (χ0n) is 12.2. The summed E-state index contributed by atoms with van der Waals surface area (Å²) >= 11 is 1.56. The van der Waals surface area contributed by atoms with Gasteiger partial charge < -0.3 is 14.6 Å². The van der Waals surface area contributed by atoms with Crippen LogP contribution in [0, 0.1) is 6.92 Å². The number of carbonyl (C=O) groups excluding carboxylic acids is 2. The number of thiazole rings is 1. The van der Waals surface area contributed by atoms with Gasteiger partial charge in [0.2, 0.25) is 0 Å². The predicted molar refractivity (Wildman–Crippen MR) is 80.2 cm³/mol. The maximum Gasteiger partial charge on any atom is 0.325 e. The van der Waals surface area contributed by atoms with Gasteiger partial charge in [-0.3, -0.25) is 9.59 Å². The molecule has 2 rings (SSSR count). The first kappa shape index (κ1) is 15.2. The van der Waals surface area contributed by atoms with Crippen LogP contribution in [0.1, 0.15) is 22.4 Å². The molecule has 0 saturated heterocycles. The molecule has 0 atom stereocenters. The summed E-state index contributed by atoms with van der Waals surface area (Å²) in [4.78, 5) is 32.2. The van der Waals surface area contributed by atoms with Crippen molar-refractivity contribution in [3.63, 3.8) is 0 Å². The van der Waals surface area contributed by atoms with Crippen LogP contribution in [0.2, 0.25) is 0 Å². The average Bonchev–Trinajstić information content (AvgIpc) is 3.06. The summed E-state index contributed by atoms with van der Waals surface area (Å²) in [5.74, 6) is -0.684. The van der Waals surface area contributed by atoms with Gasteiger partial charge in [-0.05, 0) is 19.9 Å². The molecule has 0 aromatic carbocycles. The summed E-state index contributed by atoms with van der Waals surface area (Å²) in [6, 6.07) is 1.73. The third-order valence-corrected chi connectivity index (χ3v) is 3.62. The summed E-state index contributed by atoms with van der Waals surface area (Å²) in [5, 5.41) is 2.91. The number of nitrogens with zero attached hydrogens (tertiary/aromatic N) is 2. The van der Waals surface area contributed by atoms with Crippen molar-refractivity contribution in [3.8, 4) is 11.3 Å². The Morgan fingerprint density at radius 1 is 1.48 bits per heavy atom. The van der Waals surface area contributed by atoms with E-state index in [4.69, 9.17) is 4.74 Å². The molecular weight excluding hydrogens is 290 g/mol. The molecule has 2 aromatic heterocycles. The monoisotopic (exact) mass is 307 g/mol. The standard InChI is InChI=1S/C14H17N3O3S/c1-4-20-13(18)7-17(3)14(19)11-5-10(6-15-11)12-8-21-9(2)16-12/h5-6,8,15H,4,7H2,1-3H3. The predicted octanol–water partition coefficient (Wildman–Crippen LogP) is 2.08. The van der Waals surface area contributed by atoms with Crippen molar-refractivity contribution in [1.82, 2.24) is 14.9 Å². The maximum atomic E-state index is 12.2. The lowest BCUT2D eigenvalue weighted by Gasteiger charge is -2.14. The summed E-state index contributed by atoms with van der Waals surface area (Å²) < 4.78 is 4.82. The highest BCUT2D eigenvalue weighted by molar-refractivity contribution is 7.09. The molecule has 0 saturated carbocycles. The quantitative estimate of drug-likeness (QED) is 0.858. The van der Waals surface area contributed by atoms with E-state index in [2.05, 4.69) is 9.97 Å². The number of ether oxygens (including phenoxy) is 1. The average molecular weight is 307 g/mol. The van der Waals surface area contributed by atoms with Crippen molar-refractivity contribution in [2.75, 3.05) is 20.2 Å². The largest absolute Gasteiger partial charge is 0.465 e. The van der Waals surface area contributed by atoms with E-state index in [0.29, 0.717) is 12.3 Å². The van der Waals surface area contributed by atoms with Crippen LogP contribution in [0.5, 0.6) is 0 Å². The lowest BCUT2D eigenvalue weighted by Crippen LogP contribution is -2.33. The second kappa shape index (κ2) is 6.53. The number of esters is 1. The van der Waals surface area contributed by atoms with Crippen LogP contribution in [-0.2, 0) is 9.53 Å². The Morgan fingerprint density at radius 2 is 2.24 bits per heavy atom. The Balaban J connectivity index is 2.06. The molecule has 0 aliphatic heterocycles. The number of nitrogens with one attached hydrogen (secondary N) is 1. The number of amides is 1. The van der Waals surface area contributed by atoms with E-state index in [1.165, 1.54) is 4.90 Å². The number of likely N-dealkylation sites (N-methyl/N-ethyl adjacent to an activating group) is 1. The summed E-state index contributed by atoms with van der Waals surface area (Å²) in [7, 11) is 1.56. The van der Waals surface area contributed by atoms with E-state index >= 15 is 0 Å². The molecule has 112 valence electrons. The Morgan fingerprint density at radius 3 is 2.86 bits per heavy atom. The van der Waals surface area contributed by atoms with Crippen LogP contribution in [0.4, 0.5) is 0 Å². The summed E-state index contributed by atoms with van der Waals surface area (Å²) in [6.07, 6.45) is 1.74. The van der Waals surface area contributed by atoms with Gasteiger partial charge in [0.25, 0.3) is 5.91 Å². The Hall–Kier alpha value is -2.15. The van der Waals surface area contributed by atoms with E-state index in [1.807, 2.05) is 12.3 Å². The minimum atomic E-state index is -0.421. The number of hydrogen-bond acceptors (Lipinski definition) is 5. The number of aryl methyl sites for hydroxylation is 1. The molecule has 0 aliphatic carbocycles. The third kappa shape index (κ3) is 3.69. The van der Waals surface area contributed by atoms with E-state index in [1.54, 1.807) is 37.6 Å². The second-order valence-electron chi connectivity index (χ2n) is 4.52. The molecule has 0 radical (unpaired) electrons. The SMILES string of the molecule is CCOC(=O)CN(C)C(=O)c1cc(-c2csc(C)n2)c[nH]1. The van der Waals surface area contributed by atoms with Crippen LogP contribution in [-0.4, -0.2) is 46.9 Å². The van der Waals surface area contributed by atoms with Crippen molar-refractivity contribution in [2.45, 2.75) is 13.8 Å². The van der Waals surface area contributed by atoms with Crippen molar-refractivity contribution in [1.29, 1.82) is 0 Å². The van der Waals surface area contributed by atoms with Gasteiger partial charge in [0.05, 0.1) is 17.3 Å². The first-order chi connectivity index (χ1) is 10.0. The molecule has 21 heavy (non-hydrogen) atoms. The van der Waals surface area contributed by atoms with Gasteiger partial charge in [-0.25, -0.2) is 4.98 Å². The zero-order chi connectivity index (χ0) is 15.4. The van der Waals surface area contributed by atoms with Crippen LogP contribution in [0.25, 0.3) is 11.3 Å². The fourth-order valence-corrected chi connectivity index (χ4v) is 2.46. The van der Waals surface area contributed by atoms with Crippen molar-refractivity contribution < 1.29 is 14.3 Å². The van der Waals surface area contributed by atoms with Crippen LogP contribution < -0.4 is 0 Å². The lowest BCUT2D eigenvalue weighted by molar-refractivity contribution is -0.143. The molecule has 0 aliphatic rings. The summed E-state index contributed by atoms with van der Waals surface area (Å²) in [5.41, 5.74) is 2.11. The molecular formula is C14H17N3O3S. The minimum absolute atomic E-state index is 0.0726. The molecule has 0 bridgehead atoms. The van der Waals surface area contributed by atoms with Crippen LogP contribution >= 0.6 is 11.3 Å². The Labute approximate surface area is 126 Å². The highest BCUT2D eigenvalue weighted by atomic mass is 32.1. The van der Waals surface area contributed by atoms with Crippen molar-refractivity contribution in [3.05, 3.63) is 28.3 Å². The lowest BCUT2D eigenvalue weighted by atomic mass is 10.2. The number of carbonyl (C=O) groups is 2. The third-order valence-electron chi connectivity index (χ3n) is 2.85. The second-order valence-corrected chi connectivity index (χ2v) is 5.58. The van der Waals surface area contributed by atoms with Crippen LogP contribution in [0.3, 0.4) is 0 Å². The fourth-order valence-electron chi connectivity index (χ4n) is 1.84. The molecule has 7 heteroatoms. The molecule has 2 aromatic rings. The number of aromatic nitrogens is 2. The van der Waals surface area contributed by atoms with Crippen molar-refractivity contribution in [2.24, 2.45) is 0 Å². The van der Waals surface area contributed by atoms with E-state index in [9.17, 15) is 9.59 Å². The number of aromatic amines is 1. The molecule has 6 nitrogen and oxygen atoms in total. The molecule has 1 amide bonds. The normalized spacial score (nSPS) is 10.4. The zero-order valence-corrected chi connectivity index (χ0v) is 13.0. The summed E-state index contributed by atoms with van der Waals surface area (Å²) in [6.45, 7) is 3.89. The van der Waals surface area contributed by atoms with Gasteiger partial charge in [-0.15, -0.1) is 11.3 Å². The first-order valence-electron chi connectivity index (χ1n) is 6.53. The van der Waals surface area contributed by atoms with Gasteiger partial charge in [0.15, 0.2) is 0 Å². The van der Waals surface area contributed by atoms with Gasteiger partial charge in [0, 0.05) is 24.2 Å². The molecule has 0 fully saturated rings. The number of H-pyrrole nitrogens is 1. The number of hydrogen-bond donors (Lipinski definition) is 1. The van der Waals surface area contributed by atoms with Gasteiger partial charge in [-0.1, -0.05) is 0 Å². The molecule has 2 heterocycles. The van der Waals surface area contributed by atoms with Crippen molar-refractivity contribution >= 4 is 23.2 Å².